The van der Waals surface area contributed by atoms with Gasteiger partial charge in [-0.1, -0.05) is 26.0 Å². The fourth-order valence-electron chi connectivity index (χ4n) is 3.05. The maximum absolute atomic E-state index is 13.2. The standard InChI is InChI=1S/C22H23FN2O3S2/c1-3-13-30(27,28)21-18(24)20(19(26)15-7-9-16(23)10-8-15)29-22(21)25-17-11-5-14(4-2)6-12-17/h5-12,25H,3-4,13,24H2,1-2H3. The van der Waals surface area contributed by atoms with Gasteiger partial charge in [0.15, 0.2) is 9.84 Å². The van der Waals surface area contributed by atoms with Crippen LogP contribution in [-0.4, -0.2) is 20.0 Å². The third-order valence-electron chi connectivity index (χ3n) is 4.62. The van der Waals surface area contributed by atoms with Crippen molar-refractivity contribution in [3.63, 3.8) is 0 Å². The van der Waals surface area contributed by atoms with Gasteiger partial charge in [-0.3, -0.25) is 4.79 Å². The Morgan fingerprint density at radius 2 is 1.70 bits per heavy atom. The van der Waals surface area contributed by atoms with Crippen LogP contribution in [0.3, 0.4) is 0 Å². The molecule has 3 aromatic rings. The van der Waals surface area contributed by atoms with Gasteiger partial charge in [-0.25, -0.2) is 12.8 Å². The minimum atomic E-state index is -3.70. The zero-order valence-electron chi connectivity index (χ0n) is 16.7. The quantitative estimate of drug-likeness (QED) is 0.465. The van der Waals surface area contributed by atoms with Crippen LogP contribution in [-0.2, 0) is 16.3 Å². The molecule has 1 heterocycles. The van der Waals surface area contributed by atoms with E-state index < -0.39 is 21.4 Å². The van der Waals surface area contributed by atoms with Crippen molar-refractivity contribution in [3.05, 3.63) is 70.4 Å². The first-order chi connectivity index (χ1) is 14.3. The second kappa shape index (κ2) is 8.97. The predicted molar refractivity (Wildman–Crippen MR) is 120 cm³/mol. The van der Waals surface area contributed by atoms with Crippen LogP contribution in [0.5, 0.6) is 0 Å². The highest BCUT2D eigenvalue weighted by molar-refractivity contribution is 7.92. The lowest BCUT2D eigenvalue weighted by Crippen LogP contribution is -2.10. The van der Waals surface area contributed by atoms with Crippen LogP contribution in [0.1, 0.15) is 41.1 Å². The van der Waals surface area contributed by atoms with Gasteiger partial charge in [0.1, 0.15) is 20.6 Å². The van der Waals surface area contributed by atoms with Crippen molar-refractivity contribution < 1.29 is 17.6 Å². The number of hydrogen-bond acceptors (Lipinski definition) is 6. The van der Waals surface area contributed by atoms with Crippen LogP contribution in [0, 0.1) is 5.82 Å². The summed E-state index contributed by atoms with van der Waals surface area (Å²) < 4.78 is 39.0. The molecule has 0 aliphatic rings. The summed E-state index contributed by atoms with van der Waals surface area (Å²) in [5.74, 6) is -0.990. The Morgan fingerprint density at radius 1 is 1.07 bits per heavy atom. The van der Waals surface area contributed by atoms with Crippen molar-refractivity contribution in [2.24, 2.45) is 0 Å². The molecule has 0 bridgehead atoms. The van der Waals surface area contributed by atoms with Gasteiger partial charge in [0.05, 0.1) is 11.4 Å². The summed E-state index contributed by atoms with van der Waals surface area (Å²) in [6, 6.07) is 12.7. The number of ketones is 1. The van der Waals surface area contributed by atoms with E-state index in [0.717, 1.165) is 23.3 Å². The van der Waals surface area contributed by atoms with Crippen molar-refractivity contribution in [1.82, 2.24) is 0 Å². The molecule has 0 spiro atoms. The maximum atomic E-state index is 13.2. The highest BCUT2D eigenvalue weighted by Gasteiger charge is 2.30. The topological polar surface area (TPSA) is 89.3 Å². The first kappa shape index (κ1) is 22.0. The molecule has 0 amide bonds. The number of benzene rings is 2. The average molecular weight is 447 g/mol. The molecule has 3 N–H and O–H groups in total. The SMILES string of the molecule is CCCS(=O)(=O)c1c(Nc2ccc(CC)cc2)sc(C(=O)c2ccc(F)cc2)c1N. The van der Waals surface area contributed by atoms with Crippen LogP contribution in [0.15, 0.2) is 53.4 Å². The number of rotatable bonds is 8. The second-order valence-corrected chi connectivity index (χ2v) is 9.90. The first-order valence-corrected chi connectivity index (χ1v) is 12.0. The van der Waals surface area contributed by atoms with E-state index in [1.54, 1.807) is 6.92 Å². The zero-order chi connectivity index (χ0) is 21.9. The number of halogens is 1. The Hall–Kier alpha value is -2.71. The molecule has 0 aliphatic carbocycles. The minimum absolute atomic E-state index is 0.0561. The molecule has 5 nitrogen and oxygen atoms in total. The third kappa shape index (κ3) is 4.55. The predicted octanol–water partition coefficient (Wildman–Crippen LogP) is 5.19. The lowest BCUT2D eigenvalue weighted by atomic mass is 10.1. The van der Waals surface area contributed by atoms with Crippen molar-refractivity contribution in [2.45, 2.75) is 31.6 Å². The summed E-state index contributed by atoms with van der Waals surface area (Å²) in [7, 11) is -3.70. The molecule has 2 aromatic carbocycles. The number of anilines is 3. The molecule has 0 fully saturated rings. The lowest BCUT2D eigenvalue weighted by molar-refractivity contribution is 0.104. The first-order valence-electron chi connectivity index (χ1n) is 9.58. The van der Waals surface area contributed by atoms with Gasteiger partial charge in [0.2, 0.25) is 5.78 Å². The third-order valence-corrected chi connectivity index (χ3v) is 7.86. The largest absolute Gasteiger partial charge is 0.396 e. The van der Waals surface area contributed by atoms with Gasteiger partial charge < -0.3 is 11.1 Å². The number of aryl methyl sites for hydroxylation is 1. The Labute approximate surface area is 179 Å². The highest BCUT2D eigenvalue weighted by atomic mass is 32.2. The van der Waals surface area contributed by atoms with E-state index >= 15 is 0 Å². The van der Waals surface area contributed by atoms with Gasteiger partial charge in [0, 0.05) is 11.3 Å². The molecule has 8 heteroatoms. The molecule has 0 saturated heterocycles. The van der Waals surface area contributed by atoms with E-state index in [1.807, 2.05) is 31.2 Å². The average Bonchev–Trinajstić information content (AvgIpc) is 3.05. The van der Waals surface area contributed by atoms with E-state index in [4.69, 9.17) is 5.73 Å². The molecule has 0 atom stereocenters. The lowest BCUT2D eigenvalue weighted by Gasteiger charge is -2.09. The zero-order valence-corrected chi connectivity index (χ0v) is 18.4. The number of nitrogens with one attached hydrogen (secondary N) is 1. The summed E-state index contributed by atoms with van der Waals surface area (Å²) in [6.07, 6.45) is 1.31. The van der Waals surface area contributed by atoms with E-state index in [1.165, 1.54) is 24.3 Å². The van der Waals surface area contributed by atoms with Crippen LogP contribution in [0.2, 0.25) is 0 Å². The molecular weight excluding hydrogens is 423 g/mol. The van der Waals surface area contributed by atoms with E-state index in [9.17, 15) is 17.6 Å². The van der Waals surface area contributed by atoms with E-state index in [-0.39, 0.29) is 26.8 Å². The van der Waals surface area contributed by atoms with Gasteiger partial charge >= 0.3 is 0 Å². The minimum Gasteiger partial charge on any atom is -0.396 e. The summed E-state index contributed by atoms with van der Waals surface area (Å²) in [5, 5.41) is 3.41. The Bertz CT molecular complexity index is 1150. The smallest absolute Gasteiger partial charge is 0.205 e. The fraction of sp³-hybridized carbons (Fsp3) is 0.227. The highest BCUT2D eigenvalue weighted by Crippen LogP contribution is 2.42. The summed E-state index contributed by atoms with van der Waals surface area (Å²) in [6.45, 7) is 3.81. The number of carbonyl (C=O) groups is 1. The molecule has 0 saturated carbocycles. The number of nitrogen functional groups attached to an aromatic ring is 1. The molecule has 3 rings (SSSR count). The summed E-state index contributed by atoms with van der Waals surface area (Å²) in [5.41, 5.74) is 8.20. The number of sulfone groups is 1. The van der Waals surface area contributed by atoms with Crippen LogP contribution >= 0.6 is 11.3 Å². The molecule has 30 heavy (non-hydrogen) atoms. The number of carbonyl (C=O) groups excluding carboxylic acids is 1. The van der Waals surface area contributed by atoms with Gasteiger partial charge in [-0.05, 0) is 54.8 Å². The van der Waals surface area contributed by atoms with Crippen LogP contribution in [0.25, 0.3) is 0 Å². The molecule has 0 unspecified atom stereocenters. The van der Waals surface area contributed by atoms with Crippen LogP contribution in [0.4, 0.5) is 20.8 Å². The molecule has 1 aromatic heterocycles. The van der Waals surface area contributed by atoms with Gasteiger partial charge in [0.25, 0.3) is 0 Å². The monoisotopic (exact) mass is 446 g/mol. The second-order valence-electron chi connectivity index (χ2n) is 6.83. The van der Waals surface area contributed by atoms with Crippen molar-refractivity contribution >= 4 is 43.3 Å². The van der Waals surface area contributed by atoms with Crippen LogP contribution < -0.4 is 11.1 Å². The molecule has 158 valence electrons. The molecule has 0 aliphatic heterocycles. The Balaban J connectivity index is 2.08. The Morgan fingerprint density at radius 3 is 2.27 bits per heavy atom. The normalized spacial score (nSPS) is 11.4. The van der Waals surface area contributed by atoms with Crippen molar-refractivity contribution in [1.29, 1.82) is 0 Å². The number of nitrogens with two attached hydrogens (primary N) is 1. The van der Waals surface area contributed by atoms with Gasteiger partial charge in [-0.2, -0.15) is 0 Å². The Kier molecular flexibility index (Phi) is 6.58. The van der Waals surface area contributed by atoms with Crippen molar-refractivity contribution in [3.8, 4) is 0 Å². The van der Waals surface area contributed by atoms with Gasteiger partial charge in [-0.15, -0.1) is 11.3 Å². The maximum Gasteiger partial charge on any atom is 0.205 e. The van der Waals surface area contributed by atoms with E-state index in [0.29, 0.717) is 17.1 Å². The summed E-state index contributed by atoms with van der Waals surface area (Å²) in [4.78, 5) is 13.0. The molecule has 0 radical (unpaired) electrons. The van der Waals surface area contributed by atoms with Crippen molar-refractivity contribution in [2.75, 3.05) is 16.8 Å². The summed E-state index contributed by atoms with van der Waals surface area (Å²) >= 11 is 0.992. The number of hydrogen-bond donors (Lipinski definition) is 2. The van der Waals surface area contributed by atoms with E-state index in [2.05, 4.69) is 5.32 Å². The fourth-order valence-corrected chi connectivity index (χ4v) is 6.13. The molecular formula is C22H23FN2O3S2. The number of thiophene rings is 1.